The molecule has 0 radical (unpaired) electrons. The van der Waals surface area contributed by atoms with E-state index in [-0.39, 0.29) is 11.7 Å². The largest absolute Gasteiger partial charge is 0.339 e. The van der Waals surface area contributed by atoms with Crippen molar-refractivity contribution in [2.24, 2.45) is 0 Å². The normalized spacial score (nSPS) is 13.1. The molecule has 0 bridgehead atoms. The van der Waals surface area contributed by atoms with E-state index in [1.807, 2.05) is 0 Å². The predicted molar refractivity (Wildman–Crippen MR) is 59.8 cm³/mol. The SMILES string of the molecule is CC(=O)C(C)c1nc(CSC(C)C)no1. The van der Waals surface area contributed by atoms with Crippen LogP contribution in [-0.4, -0.2) is 21.2 Å². The van der Waals surface area contributed by atoms with Gasteiger partial charge in [0.05, 0.1) is 11.7 Å². The molecule has 1 unspecified atom stereocenters. The molecule has 1 rings (SSSR count). The number of hydrogen-bond donors (Lipinski definition) is 0. The first-order valence-electron chi connectivity index (χ1n) is 4.95. The van der Waals surface area contributed by atoms with Crippen LogP contribution in [0.1, 0.15) is 45.3 Å². The Labute approximate surface area is 93.8 Å². The molecular weight excluding hydrogens is 212 g/mol. The summed E-state index contributed by atoms with van der Waals surface area (Å²) in [4.78, 5) is 15.3. The van der Waals surface area contributed by atoms with Gasteiger partial charge in [-0.25, -0.2) is 0 Å². The van der Waals surface area contributed by atoms with Crippen LogP contribution in [-0.2, 0) is 10.5 Å². The highest BCUT2D eigenvalue weighted by molar-refractivity contribution is 7.99. The lowest BCUT2D eigenvalue weighted by molar-refractivity contribution is -0.118. The van der Waals surface area contributed by atoms with Crippen LogP contribution >= 0.6 is 11.8 Å². The van der Waals surface area contributed by atoms with Crippen LogP contribution in [0, 0.1) is 0 Å². The van der Waals surface area contributed by atoms with Crippen LogP contribution in [0.5, 0.6) is 0 Å². The van der Waals surface area contributed by atoms with Gasteiger partial charge in [-0.2, -0.15) is 16.7 Å². The van der Waals surface area contributed by atoms with Gasteiger partial charge in [-0.05, 0) is 19.1 Å². The number of aromatic nitrogens is 2. The second-order valence-corrected chi connectivity index (χ2v) is 5.31. The van der Waals surface area contributed by atoms with Crippen molar-refractivity contribution in [3.63, 3.8) is 0 Å². The van der Waals surface area contributed by atoms with E-state index >= 15 is 0 Å². The number of nitrogens with zero attached hydrogens (tertiary/aromatic N) is 2. The maximum absolute atomic E-state index is 11.1. The molecule has 84 valence electrons. The first kappa shape index (κ1) is 12.2. The Balaban J connectivity index is 2.60. The third kappa shape index (κ3) is 3.66. The summed E-state index contributed by atoms with van der Waals surface area (Å²) >= 11 is 1.75. The fourth-order valence-electron chi connectivity index (χ4n) is 0.917. The van der Waals surface area contributed by atoms with Crippen LogP contribution < -0.4 is 0 Å². The standard InChI is InChI=1S/C10H16N2O2S/c1-6(2)15-5-9-11-10(14-12-9)7(3)8(4)13/h6-7H,5H2,1-4H3. The van der Waals surface area contributed by atoms with Crippen LogP contribution in [0.3, 0.4) is 0 Å². The fourth-order valence-corrected chi connectivity index (χ4v) is 1.52. The second-order valence-electron chi connectivity index (χ2n) is 3.74. The van der Waals surface area contributed by atoms with Crippen molar-refractivity contribution < 1.29 is 9.32 Å². The molecule has 0 aliphatic heterocycles. The zero-order chi connectivity index (χ0) is 11.4. The monoisotopic (exact) mass is 228 g/mol. The fraction of sp³-hybridized carbons (Fsp3) is 0.700. The van der Waals surface area contributed by atoms with Gasteiger partial charge >= 0.3 is 0 Å². The minimum absolute atomic E-state index is 0.0433. The molecule has 4 nitrogen and oxygen atoms in total. The third-order valence-corrected chi connectivity index (χ3v) is 3.10. The summed E-state index contributed by atoms with van der Waals surface area (Å²) in [5.41, 5.74) is 0. The van der Waals surface area contributed by atoms with Crippen LogP contribution in [0.25, 0.3) is 0 Å². The number of thioether (sulfide) groups is 1. The Hall–Kier alpha value is -0.840. The molecule has 0 amide bonds. The lowest BCUT2D eigenvalue weighted by Gasteiger charge is -2.00. The summed E-state index contributed by atoms with van der Waals surface area (Å²) in [5, 5.41) is 4.37. The predicted octanol–water partition coefficient (Wildman–Crippen LogP) is 2.40. The molecule has 0 aliphatic carbocycles. The molecule has 0 saturated heterocycles. The lowest BCUT2D eigenvalue weighted by Crippen LogP contribution is -2.04. The zero-order valence-corrected chi connectivity index (χ0v) is 10.3. The number of hydrogen-bond acceptors (Lipinski definition) is 5. The lowest BCUT2D eigenvalue weighted by atomic mass is 10.1. The summed E-state index contributed by atoms with van der Waals surface area (Å²) in [6.07, 6.45) is 0. The quantitative estimate of drug-likeness (QED) is 0.774. The Kier molecular flexibility index (Phi) is 4.32. The highest BCUT2D eigenvalue weighted by Crippen LogP contribution is 2.18. The molecule has 0 aromatic carbocycles. The van der Waals surface area contributed by atoms with Gasteiger partial charge in [0.2, 0.25) is 5.89 Å². The topological polar surface area (TPSA) is 56.0 Å². The van der Waals surface area contributed by atoms with Crippen molar-refractivity contribution in [1.82, 2.24) is 10.1 Å². The van der Waals surface area contributed by atoms with Crippen molar-refractivity contribution in [2.75, 3.05) is 0 Å². The molecule has 0 aliphatic rings. The number of ketones is 1. The van der Waals surface area contributed by atoms with Crippen molar-refractivity contribution in [3.8, 4) is 0 Å². The Bertz CT molecular complexity index is 336. The van der Waals surface area contributed by atoms with E-state index in [1.165, 1.54) is 6.92 Å². The van der Waals surface area contributed by atoms with Gasteiger partial charge in [-0.1, -0.05) is 19.0 Å². The summed E-state index contributed by atoms with van der Waals surface area (Å²) in [6, 6.07) is 0. The molecule has 0 N–H and O–H groups in total. The van der Waals surface area contributed by atoms with Crippen LogP contribution in [0.4, 0.5) is 0 Å². The smallest absolute Gasteiger partial charge is 0.236 e. The van der Waals surface area contributed by atoms with E-state index in [1.54, 1.807) is 18.7 Å². The number of Topliss-reactive ketones (excluding diaryl/α,β-unsaturated/α-hetero) is 1. The minimum atomic E-state index is -0.296. The van der Waals surface area contributed by atoms with E-state index in [4.69, 9.17) is 4.52 Å². The molecular formula is C10H16N2O2S. The molecule has 1 aromatic rings. The van der Waals surface area contributed by atoms with E-state index in [2.05, 4.69) is 24.0 Å². The van der Waals surface area contributed by atoms with Gasteiger partial charge in [-0.3, -0.25) is 4.79 Å². The first-order valence-corrected chi connectivity index (χ1v) is 6.00. The van der Waals surface area contributed by atoms with Crippen molar-refractivity contribution in [1.29, 1.82) is 0 Å². The molecule has 1 aromatic heterocycles. The highest BCUT2D eigenvalue weighted by Gasteiger charge is 2.18. The summed E-state index contributed by atoms with van der Waals surface area (Å²) < 4.78 is 5.02. The van der Waals surface area contributed by atoms with Crippen molar-refractivity contribution in [2.45, 2.75) is 44.6 Å². The maximum Gasteiger partial charge on any atom is 0.236 e. The average Bonchev–Trinajstić information content (AvgIpc) is 2.61. The zero-order valence-electron chi connectivity index (χ0n) is 9.48. The first-order chi connectivity index (χ1) is 7.00. The molecule has 1 atom stereocenters. The number of carbonyl (C=O) groups excluding carboxylic acids is 1. The van der Waals surface area contributed by atoms with Gasteiger partial charge in [0, 0.05) is 0 Å². The highest BCUT2D eigenvalue weighted by atomic mass is 32.2. The van der Waals surface area contributed by atoms with Gasteiger partial charge in [-0.15, -0.1) is 0 Å². The van der Waals surface area contributed by atoms with E-state index in [9.17, 15) is 4.79 Å². The average molecular weight is 228 g/mol. The molecule has 5 heteroatoms. The summed E-state index contributed by atoms with van der Waals surface area (Å²) in [7, 11) is 0. The molecule has 0 spiro atoms. The molecule has 0 saturated carbocycles. The molecule has 15 heavy (non-hydrogen) atoms. The Morgan fingerprint density at radius 2 is 2.13 bits per heavy atom. The second kappa shape index (κ2) is 5.30. The summed E-state index contributed by atoms with van der Waals surface area (Å²) in [5.74, 6) is 1.56. The Morgan fingerprint density at radius 3 is 2.67 bits per heavy atom. The van der Waals surface area contributed by atoms with Gasteiger partial charge in [0.1, 0.15) is 5.78 Å². The molecule has 1 heterocycles. The summed E-state index contributed by atoms with van der Waals surface area (Å²) in [6.45, 7) is 7.53. The van der Waals surface area contributed by atoms with Crippen LogP contribution in [0.15, 0.2) is 4.52 Å². The maximum atomic E-state index is 11.1. The Morgan fingerprint density at radius 1 is 1.47 bits per heavy atom. The molecule has 0 fully saturated rings. The van der Waals surface area contributed by atoms with Gasteiger partial charge in [0.25, 0.3) is 0 Å². The number of rotatable bonds is 5. The van der Waals surface area contributed by atoms with Crippen LogP contribution in [0.2, 0.25) is 0 Å². The third-order valence-electron chi connectivity index (χ3n) is 2.01. The minimum Gasteiger partial charge on any atom is -0.339 e. The van der Waals surface area contributed by atoms with Crippen molar-refractivity contribution in [3.05, 3.63) is 11.7 Å². The number of carbonyl (C=O) groups is 1. The van der Waals surface area contributed by atoms with E-state index in [0.29, 0.717) is 17.0 Å². The van der Waals surface area contributed by atoms with Gasteiger partial charge in [0.15, 0.2) is 5.82 Å². The van der Waals surface area contributed by atoms with Crippen molar-refractivity contribution >= 4 is 17.5 Å². The van der Waals surface area contributed by atoms with Gasteiger partial charge < -0.3 is 4.52 Å². The van der Waals surface area contributed by atoms with E-state index < -0.39 is 0 Å². The van der Waals surface area contributed by atoms with E-state index in [0.717, 1.165) is 5.75 Å².